The van der Waals surface area contributed by atoms with Crippen molar-refractivity contribution in [3.63, 3.8) is 0 Å². The van der Waals surface area contributed by atoms with Crippen LogP contribution >= 0.6 is 0 Å². The van der Waals surface area contributed by atoms with Crippen LogP contribution in [0.3, 0.4) is 0 Å². The fourth-order valence-electron chi connectivity index (χ4n) is 0.923. The van der Waals surface area contributed by atoms with Crippen LogP contribution in [0.4, 0.5) is 0 Å². The van der Waals surface area contributed by atoms with Crippen molar-refractivity contribution in [1.29, 1.82) is 0 Å². The summed E-state index contributed by atoms with van der Waals surface area (Å²) in [5.41, 5.74) is 4.89. The lowest BCUT2D eigenvalue weighted by molar-refractivity contribution is 0.644. The summed E-state index contributed by atoms with van der Waals surface area (Å²) in [5.74, 6) is 5.17. The first kappa shape index (κ1) is 7.24. The summed E-state index contributed by atoms with van der Waals surface area (Å²) in [7, 11) is 1.90. The molecule has 0 unspecified atom stereocenters. The lowest BCUT2D eigenvalue weighted by Gasteiger charge is -2.00. The molecule has 4 heteroatoms. The Kier molecular flexibility index (Phi) is 2.03. The third-order valence-corrected chi connectivity index (χ3v) is 1.54. The fourth-order valence-corrected chi connectivity index (χ4v) is 0.923. The number of nitrogens with two attached hydrogens (primary N) is 1. The Bertz CT molecular complexity index is 196. The van der Waals surface area contributed by atoms with Crippen molar-refractivity contribution in [2.75, 3.05) is 0 Å². The van der Waals surface area contributed by atoms with Crippen LogP contribution in [-0.2, 0) is 13.6 Å². The smallest absolute Gasteiger partial charge is 0.0561 e. The second-order valence-electron chi connectivity index (χ2n) is 2.28. The van der Waals surface area contributed by atoms with E-state index in [1.54, 1.807) is 0 Å². The summed E-state index contributed by atoms with van der Waals surface area (Å²) in [6.07, 6.45) is 1.83. The minimum Gasteiger partial charge on any atom is -0.271 e. The second kappa shape index (κ2) is 2.81. The summed E-state index contributed by atoms with van der Waals surface area (Å²) in [4.78, 5) is 0. The van der Waals surface area contributed by atoms with Crippen LogP contribution in [0.2, 0.25) is 0 Å². The molecule has 0 aliphatic rings. The van der Waals surface area contributed by atoms with Gasteiger partial charge in [-0.05, 0) is 12.5 Å². The maximum Gasteiger partial charge on any atom is 0.0561 e. The van der Waals surface area contributed by atoms with Crippen LogP contribution in [0.5, 0.6) is 0 Å². The molecule has 0 fully saturated rings. The Labute approximate surface area is 60.0 Å². The van der Waals surface area contributed by atoms with Gasteiger partial charge in [0.25, 0.3) is 0 Å². The van der Waals surface area contributed by atoms with Crippen LogP contribution in [-0.4, -0.2) is 9.78 Å². The van der Waals surface area contributed by atoms with Gasteiger partial charge < -0.3 is 0 Å². The summed E-state index contributed by atoms with van der Waals surface area (Å²) in [6, 6.07) is 0. The number of hydrogen-bond acceptors (Lipinski definition) is 3. The Balaban J connectivity index is 2.87. The monoisotopic (exact) mass is 140 g/mol. The highest BCUT2D eigenvalue weighted by Crippen LogP contribution is 2.03. The van der Waals surface area contributed by atoms with Crippen LogP contribution in [0, 0.1) is 6.92 Å². The molecule has 0 bridgehead atoms. The van der Waals surface area contributed by atoms with Gasteiger partial charge in [0.15, 0.2) is 0 Å². The van der Waals surface area contributed by atoms with Gasteiger partial charge in [0.2, 0.25) is 0 Å². The molecule has 1 heterocycles. The molecular formula is C6H12N4. The van der Waals surface area contributed by atoms with Crippen LogP contribution in [0.1, 0.15) is 11.3 Å². The van der Waals surface area contributed by atoms with Crippen molar-refractivity contribution in [3.05, 3.63) is 17.5 Å². The van der Waals surface area contributed by atoms with E-state index in [1.165, 1.54) is 5.56 Å². The molecular weight excluding hydrogens is 128 g/mol. The Hall–Kier alpha value is -0.870. The van der Waals surface area contributed by atoms with Gasteiger partial charge in [-0.3, -0.25) is 16.0 Å². The van der Waals surface area contributed by atoms with Crippen molar-refractivity contribution in [3.8, 4) is 0 Å². The van der Waals surface area contributed by atoms with Gasteiger partial charge in [0.1, 0.15) is 0 Å². The lowest BCUT2D eigenvalue weighted by atomic mass is 10.3. The zero-order valence-electron chi connectivity index (χ0n) is 6.26. The minimum atomic E-state index is 0.669. The van der Waals surface area contributed by atoms with E-state index in [9.17, 15) is 0 Å². The van der Waals surface area contributed by atoms with Crippen molar-refractivity contribution >= 4 is 0 Å². The molecule has 10 heavy (non-hydrogen) atoms. The zero-order valence-corrected chi connectivity index (χ0v) is 6.26. The van der Waals surface area contributed by atoms with Crippen molar-refractivity contribution in [2.24, 2.45) is 12.9 Å². The molecule has 0 aliphatic carbocycles. The maximum absolute atomic E-state index is 5.17. The fraction of sp³-hybridized carbons (Fsp3) is 0.500. The largest absolute Gasteiger partial charge is 0.271 e. The van der Waals surface area contributed by atoms with Crippen molar-refractivity contribution in [1.82, 2.24) is 15.2 Å². The van der Waals surface area contributed by atoms with Gasteiger partial charge in [0, 0.05) is 7.05 Å². The molecule has 1 aromatic heterocycles. The van der Waals surface area contributed by atoms with E-state index in [0.29, 0.717) is 6.54 Å². The predicted molar refractivity (Wildman–Crippen MR) is 39.0 cm³/mol. The summed E-state index contributed by atoms with van der Waals surface area (Å²) in [5, 5.41) is 4.06. The van der Waals surface area contributed by atoms with Crippen LogP contribution in [0.25, 0.3) is 0 Å². The molecule has 0 atom stereocenters. The van der Waals surface area contributed by atoms with Crippen LogP contribution < -0.4 is 11.3 Å². The number of aryl methyl sites for hydroxylation is 2. The molecule has 1 rings (SSSR count). The molecule has 1 aromatic rings. The Morgan fingerprint density at radius 1 is 1.80 bits per heavy atom. The lowest BCUT2D eigenvalue weighted by Crippen LogP contribution is -2.23. The zero-order chi connectivity index (χ0) is 7.56. The van der Waals surface area contributed by atoms with E-state index in [2.05, 4.69) is 10.5 Å². The normalized spacial score (nSPS) is 10.3. The van der Waals surface area contributed by atoms with Gasteiger partial charge in [-0.25, -0.2) is 0 Å². The molecule has 0 saturated heterocycles. The average Bonchev–Trinajstić information content (AvgIpc) is 2.20. The van der Waals surface area contributed by atoms with E-state index < -0.39 is 0 Å². The van der Waals surface area contributed by atoms with E-state index in [1.807, 2.05) is 24.9 Å². The average molecular weight is 140 g/mol. The van der Waals surface area contributed by atoms with Crippen molar-refractivity contribution < 1.29 is 0 Å². The summed E-state index contributed by atoms with van der Waals surface area (Å²) < 4.78 is 1.81. The number of hydrogen-bond donors (Lipinski definition) is 2. The summed E-state index contributed by atoms with van der Waals surface area (Å²) >= 11 is 0. The van der Waals surface area contributed by atoms with E-state index >= 15 is 0 Å². The third-order valence-electron chi connectivity index (χ3n) is 1.54. The number of nitrogens with one attached hydrogen (secondary N) is 1. The van der Waals surface area contributed by atoms with E-state index in [-0.39, 0.29) is 0 Å². The highest BCUT2D eigenvalue weighted by Gasteiger charge is 2.00. The topological polar surface area (TPSA) is 55.9 Å². The molecule has 0 spiro atoms. The second-order valence-corrected chi connectivity index (χ2v) is 2.28. The number of aromatic nitrogens is 2. The Morgan fingerprint density at radius 3 is 2.90 bits per heavy atom. The maximum atomic E-state index is 5.17. The van der Waals surface area contributed by atoms with Gasteiger partial charge in [-0.2, -0.15) is 5.10 Å². The molecule has 0 radical (unpaired) electrons. The highest BCUT2D eigenvalue weighted by molar-refractivity contribution is 5.14. The molecule has 4 nitrogen and oxygen atoms in total. The van der Waals surface area contributed by atoms with E-state index in [0.717, 1.165) is 5.69 Å². The molecule has 3 N–H and O–H groups in total. The van der Waals surface area contributed by atoms with E-state index in [4.69, 9.17) is 5.84 Å². The first-order valence-electron chi connectivity index (χ1n) is 3.16. The van der Waals surface area contributed by atoms with Gasteiger partial charge in [-0.15, -0.1) is 0 Å². The Morgan fingerprint density at radius 2 is 2.50 bits per heavy atom. The minimum absolute atomic E-state index is 0.669. The molecule has 0 aromatic carbocycles. The van der Waals surface area contributed by atoms with Gasteiger partial charge in [-0.1, -0.05) is 0 Å². The van der Waals surface area contributed by atoms with Crippen molar-refractivity contribution in [2.45, 2.75) is 13.5 Å². The molecule has 0 saturated carbocycles. The number of hydrazine groups is 1. The highest BCUT2D eigenvalue weighted by atomic mass is 15.3. The summed E-state index contributed by atoms with van der Waals surface area (Å²) in [6.45, 7) is 2.68. The molecule has 0 amide bonds. The van der Waals surface area contributed by atoms with Gasteiger partial charge >= 0.3 is 0 Å². The predicted octanol–water partition coefficient (Wildman–Crippen LogP) is -0.308. The SMILES string of the molecule is Cc1cnn(C)c1CNN. The quantitative estimate of drug-likeness (QED) is 0.437. The molecule has 56 valence electrons. The first-order chi connectivity index (χ1) is 4.75. The van der Waals surface area contributed by atoms with Crippen LogP contribution in [0.15, 0.2) is 6.20 Å². The van der Waals surface area contributed by atoms with Gasteiger partial charge in [0.05, 0.1) is 18.4 Å². The first-order valence-corrected chi connectivity index (χ1v) is 3.16. The number of rotatable bonds is 2. The standard InChI is InChI=1S/C6H12N4/c1-5-3-9-10(2)6(5)4-8-7/h3,8H,4,7H2,1-2H3. The third kappa shape index (κ3) is 1.17. The molecule has 0 aliphatic heterocycles. The number of nitrogens with zero attached hydrogens (tertiary/aromatic N) is 2.